The van der Waals surface area contributed by atoms with E-state index < -0.39 is 0 Å². The van der Waals surface area contributed by atoms with Gasteiger partial charge in [0.05, 0.1) is 19.8 Å². The highest BCUT2D eigenvalue weighted by molar-refractivity contribution is 9.10. The molecule has 1 amide bonds. The maximum atomic E-state index is 11.6. The van der Waals surface area contributed by atoms with Crippen molar-refractivity contribution in [1.29, 1.82) is 0 Å². The number of halogens is 1. The van der Waals surface area contributed by atoms with E-state index in [4.69, 9.17) is 4.74 Å². The molecule has 1 rings (SSSR count). The van der Waals surface area contributed by atoms with Crippen LogP contribution in [-0.4, -0.2) is 32.2 Å². The van der Waals surface area contributed by atoms with Crippen LogP contribution < -0.4 is 10.6 Å². The van der Waals surface area contributed by atoms with E-state index in [1.54, 1.807) is 0 Å². The highest BCUT2D eigenvalue weighted by Gasteiger charge is 2.01. The molecule has 0 atom stereocenters. The fourth-order valence-electron chi connectivity index (χ4n) is 1.33. The van der Waals surface area contributed by atoms with Gasteiger partial charge in [-0.15, -0.1) is 0 Å². The molecule has 0 aliphatic rings. The Morgan fingerprint density at radius 3 is 2.68 bits per heavy atom. The van der Waals surface area contributed by atoms with E-state index in [2.05, 4.69) is 33.1 Å². The van der Waals surface area contributed by atoms with E-state index in [1.807, 2.05) is 31.2 Å². The third kappa shape index (κ3) is 7.77. The van der Waals surface area contributed by atoms with Crippen LogP contribution in [0.25, 0.3) is 0 Å². The summed E-state index contributed by atoms with van der Waals surface area (Å²) in [5.74, 6) is -0.0674. The number of anilines is 1. The summed E-state index contributed by atoms with van der Waals surface area (Å²) < 4.78 is 6.29. The van der Waals surface area contributed by atoms with Crippen LogP contribution in [0, 0.1) is 0 Å². The molecular formula is C14H19BrN2O2. The Morgan fingerprint density at radius 1 is 1.37 bits per heavy atom. The number of carbonyl (C=O) groups is 1. The minimum atomic E-state index is -0.0674. The molecule has 2 N–H and O–H groups in total. The summed E-state index contributed by atoms with van der Waals surface area (Å²) in [5.41, 5.74) is 1.78. The number of nitrogens with one attached hydrogen (secondary N) is 2. The Morgan fingerprint density at radius 2 is 2.05 bits per heavy atom. The zero-order valence-electron chi connectivity index (χ0n) is 11.0. The van der Waals surface area contributed by atoms with Gasteiger partial charge in [0.2, 0.25) is 5.91 Å². The predicted octanol–water partition coefficient (Wildman–Crippen LogP) is 2.57. The first kappa shape index (κ1) is 15.9. The summed E-state index contributed by atoms with van der Waals surface area (Å²) in [5, 5.41) is 5.82. The van der Waals surface area contributed by atoms with Crippen LogP contribution >= 0.6 is 15.9 Å². The molecule has 0 fully saturated rings. The monoisotopic (exact) mass is 326 g/mol. The lowest BCUT2D eigenvalue weighted by Gasteiger charge is -2.07. The average Bonchev–Trinajstić information content (AvgIpc) is 2.36. The first-order chi connectivity index (χ1) is 9.08. The van der Waals surface area contributed by atoms with Crippen molar-refractivity contribution in [3.63, 3.8) is 0 Å². The Balaban J connectivity index is 2.11. The van der Waals surface area contributed by atoms with Gasteiger partial charge in [-0.05, 0) is 31.2 Å². The summed E-state index contributed by atoms with van der Waals surface area (Å²) in [6, 6.07) is 7.46. The van der Waals surface area contributed by atoms with Gasteiger partial charge < -0.3 is 15.4 Å². The number of benzene rings is 1. The third-order valence-corrected chi connectivity index (χ3v) is 2.71. The van der Waals surface area contributed by atoms with Gasteiger partial charge in [0.15, 0.2) is 0 Å². The second kappa shape index (κ2) is 8.85. The highest BCUT2D eigenvalue weighted by atomic mass is 79.9. The van der Waals surface area contributed by atoms with Crippen LogP contribution in [0.15, 0.2) is 40.9 Å². The molecule has 0 aliphatic carbocycles. The fraction of sp³-hybridized carbons (Fsp3) is 0.357. The largest absolute Gasteiger partial charge is 0.376 e. The predicted molar refractivity (Wildman–Crippen MR) is 81.3 cm³/mol. The van der Waals surface area contributed by atoms with E-state index in [9.17, 15) is 4.79 Å². The van der Waals surface area contributed by atoms with E-state index in [0.717, 1.165) is 15.7 Å². The molecule has 0 unspecified atom stereocenters. The van der Waals surface area contributed by atoms with Gasteiger partial charge in [-0.1, -0.05) is 28.1 Å². The van der Waals surface area contributed by atoms with Gasteiger partial charge in [0, 0.05) is 16.7 Å². The summed E-state index contributed by atoms with van der Waals surface area (Å²) in [6.45, 7) is 7.70. The second-order valence-corrected chi connectivity index (χ2v) is 5.16. The molecule has 0 aromatic heterocycles. The lowest BCUT2D eigenvalue weighted by Crippen LogP contribution is -2.30. The SMILES string of the molecule is C=C(C)COCCNCC(=O)Nc1ccc(Br)cc1. The summed E-state index contributed by atoms with van der Waals surface area (Å²) in [6.07, 6.45) is 0. The van der Waals surface area contributed by atoms with Crippen molar-refractivity contribution in [3.05, 3.63) is 40.9 Å². The number of rotatable bonds is 8. The van der Waals surface area contributed by atoms with Gasteiger partial charge in [0.25, 0.3) is 0 Å². The van der Waals surface area contributed by atoms with Crippen LogP contribution in [0.1, 0.15) is 6.92 Å². The Labute approximate surface area is 122 Å². The fourth-order valence-corrected chi connectivity index (χ4v) is 1.60. The zero-order valence-corrected chi connectivity index (χ0v) is 12.6. The molecule has 0 aliphatic heterocycles. The van der Waals surface area contributed by atoms with Crippen molar-refractivity contribution < 1.29 is 9.53 Å². The maximum Gasteiger partial charge on any atom is 0.238 e. The molecule has 4 nitrogen and oxygen atoms in total. The maximum absolute atomic E-state index is 11.6. The van der Waals surface area contributed by atoms with Gasteiger partial charge in [-0.2, -0.15) is 0 Å². The molecule has 5 heteroatoms. The quantitative estimate of drug-likeness (QED) is 0.570. The highest BCUT2D eigenvalue weighted by Crippen LogP contribution is 2.13. The van der Waals surface area contributed by atoms with Crippen molar-refractivity contribution in [2.24, 2.45) is 0 Å². The van der Waals surface area contributed by atoms with Crippen molar-refractivity contribution in [2.45, 2.75) is 6.92 Å². The topological polar surface area (TPSA) is 50.4 Å². The van der Waals surface area contributed by atoms with Crippen molar-refractivity contribution >= 4 is 27.5 Å². The summed E-state index contributed by atoms with van der Waals surface area (Å²) in [4.78, 5) is 11.6. The van der Waals surface area contributed by atoms with Gasteiger partial charge >= 0.3 is 0 Å². The number of ether oxygens (including phenoxy) is 1. The average molecular weight is 327 g/mol. The molecule has 0 heterocycles. The molecule has 0 bridgehead atoms. The number of hydrogen-bond donors (Lipinski definition) is 2. The molecule has 0 saturated carbocycles. The van der Waals surface area contributed by atoms with Crippen LogP contribution in [0.4, 0.5) is 5.69 Å². The van der Waals surface area contributed by atoms with Crippen molar-refractivity contribution in [2.75, 3.05) is 31.6 Å². The smallest absolute Gasteiger partial charge is 0.238 e. The molecule has 19 heavy (non-hydrogen) atoms. The van der Waals surface area contributed by atoms with E-state index in [0.29, 0.717) is 19.8 Å². The molecule has 1 aromatic carbocycles. The van der Waals surface area contributed by atoms with Crippen molar-refractivity contribution in [3.8, 4) is 0 Å². The lowest BCUT2D eigenvalue weighted by molar-refractivity contribution is -0.115. The van der Waals surface area contributed by atoms with Gasteiger partial charge in [-0.3, -0.25) is 4.79 Å². The molecule has 1 aromatic rings. The number of amides is 1. The van der Waals surface area contributed by atoms with E-state index >= 15 is 0 Å². The Bertz CT molecular complexity index is 418. The summed E-state index contributed by atoms with van der Waals surface area (Å²) >= 11 is 3.34. The summed E-state index contributed by atoms with van der Waals surface area (Å²) in [7, 11) is 0. The van der Waals surface area contributed by atoms with Crippen molar-refractivity contribution in [1.82, 2.24) is 5.32 Å². The Kier molecular flexibility index (Phi) is 7.40. The molecule has 0 saturated heterocycles. The zero-order chi connectivity index (χ0) is 14.1. The van der Waals surface area contributed by atoms with Gasteiger partial charge in [0.1, 0.15) is 0 Å². The normalized spacial score (nSPS) is 10.2. The number of hydrogen-bond acceptors (Lipinski definition) is 3. The first-order valence-corrected chi connectivity index (χ1v) is 6.85. The first-order valence-electron chi connectivity index (χ1n) is 6.06. The molecule has 0 spiro atoms. The van der Waals surface area contributed by atoms with Crippen LogP contribution in [0.5, 0.6) is 0 Å². The minimum Gasteiger partial charge on any atom is -0.376 e. The molecule has 0 radical (unpaired) electrons. The van der Waals surface area contributed by atoms with Gasteiger partial charge in [-0.25, -0.2) is 0 Å². The molecule has 104 valence electrons. The van der Waals surface area contributed by atoms with E-state index in [-0.39, 0.29) is 12.5 Å². The standard InChI is InChI=1S/C14H19BrN2O2/c1-11(2)10-19-8-7-16-9-14(18)17-13-5-3-12(15)4-6-13/h3-6,16H,1,7-10H2,2H3,(H,17,18). The second-order valence-electron chi connectivity index (χ2n) is 4.24. The number of carbonyl (C=O) groups excluding carboxylic acids is 1. The third-order valence-electron chi connectivity index (χ3n) is 2.19. The lowest BCUT2D eigenvalue weighted by atomic mass is 10.3. The van der Waals surface area contributed by atoms with Crippen LogP contribution in [0.2, 0.25) is 0 Å². The van der Waals surface area contributed by atoms with Crippen LogP contribution in [-0.2, 0) is 9.53 Å². The molecular weight excluding hydrogens is 308 g/mol. The minimum absolute atomic E-state index is 0.0674. The van der Waals surface area contributed by atoms with E-state index in [1.165, 1.54) is 0 Å². The van der Waals surface area contributed by atoms with Crippen LogP contribution in [0.3, 0.4) is 0 Å². The Hall–Kier alpha value is -1.17.